The number of aliphatic carboxylic acids is 1. The van der Waals surface area contributed by atoms with E-state index in [4.69, 9.17) is 9.84 Å². The highest BCUT2D eigenvalue weighted by Crippen LogP contribution is 2.44. The van der Waals surface area contributed by atoms with Crippen molar-refractivity contribution in [3.05, 3.63) is 59.7 Å². The minimum atomic E-state index is -0.892. The van der Waals surface area contributed by atoms with Gasteiger partial charge in [-0.05, 0) is 34.1 Å². The van der Waals surface area contributed by atoms with Crippen LogP contribution in [0.1, 0.15) is 57.1 Å². The molecule has 7 nitrogen and oxygen atoms in total. The van der Waals surface area contributed by atoms with E-state index in [1.54, 1.807) is 0 Å². The fraction of sp³-hybridized carbons (Fsp3) is 0.444. The molecule has 0 saturated carbocycles. The summed E-state index contributed by atoms with van der Waals surface area (Å²) in [5.41, 5.74) is 4.54. The number of carbonyl (C=O) groups is 3. The molecule has 0 spiro atoms. The molecule has 0 heterocycles. The molecular formula is C27H34N2O5. The van der Waals surface area contributed by atoms with Crippen molar-refractivity contribution in [2.45, 2.75) is 52.0 Å². The molecule has 3 atom stereocenters. The number of nitrogens with one attached hydrogen (secondary N) is 2. The van der Waals surface area contributed by atoms with E-state index in [2.05, 4.69) is 34.9 Å². The molecule has 3 N–H and O–H groups in total. The zero-order chi connectivity index (χ0) is 24.7. The van der Waals surface area contributed by atoms with Crippen LogP contribution in [0.2, 0.25) is 0 Å². The molecule has 7 heteroatoms. The van der Waals surface area contributed by atoms with Crippen LogP contribution in [0, 0.1) is 11.8 Å². The van der Waals surface area contributed by atoms with Gasteiger partial charge >= 0.3 is 12.1 Å². The SMILES string of the molecule is CCC(CNC(=O)[C@@H](NC(=O)OCC1c2ccccc2-c2ccccc21)C(C)CC)CC(=O)O. The Morgan fingerprint density at radius 2 is 1.56 bits per heavy atom. The van der Waals surface area contributed by atoms with E-state index in [0.29, 0.717) is 12.8 Å². The standard InChI is InChI=1S/C27H34N2O5/c1-4-17(3)25(26(32)28-15-18(5-2)14-24(30)31)29-27(33)34-16-23-21-12-8-6-10-19(21)20-11-7-9-13-22(20)23/h6-13,17-18,23,25H,4-5,14-16H2,1-3H3,(H,28,32)(H,29,33)(H,30,31)/t17?,18?,25-/m0/s1. The minimum absolute atomic E-state index is 0.00934. The second-order valence-electron chi connectivity index (χ2n) is 8.95. The van der Waals surface area contributed by atoms with E-state index in [9.17, 15) is 14.4 Å². The summed E-state index contributed by atoms with van der Waals surface area (Å²) >= 11 is 0. The number of hydrogen-bond donors (Lipinski definition) is 3. The maximum Gasteiger partial charge on any atom is 0.407 e. The maximum atomic E-state index is 12.8. The van der Waals surface area contributed by atoms with E-state index in [-0.39, 0.29) is 43.2 Å². The molecule has 0 aliphatic heterocycles. The van der Waals surface area contributed by atoms with Crippen molar-refractivity contribution >= 4 is 18.0 Å². The fourth-order valence-corrected chi connectivity index (χ4v) is 4.43. The van der Waals surface area contributed by atoms with Crippen LogP contribution in [-0.4, -0.2) is 42.3 Å². The molecule has 1 aliphatic carbocycles. The normalized spacial score (nSPS) is 14.9. The average molecular weight is 467 g/mol. The lowest BCUT2D eigenvalue weighted by Gasteiger charge is -2.25. The first kappa shape index (κ1) is 25.3. The number of alkyl carbamates (subject to hydrolysis) is 1. The van der Waals surface area contributed by atoms with Gasteiger partial charge in [-0.3, -0.25) is 9.59 Å². The Kier molecular flexibility index (Phi) is 8.68. The van der Waals surface area contributed by atoms with Gasteiger partial charge in [0, 0.05) is 18.9 Å². The van der Waals surface area contributed by atoms with Crippen molar-refractivity contribution in [3.63, 3.8) is 0 Å². The highest BCUT2D eigenvalue weighted by molar-refractivity contribution is 5.86. The quantitative estimate of drug-likeness (QED) is 0.450. The van der Waals surface area contributed by atoms with Gasteiger partial charge < -0.3 is 20.5 Å². The molecule has 1 aliphatic rings. The summed E-state index contributed by atoms with van der Waals surface area (Å²) in [4.78, 5) is 36.5. The number of fused-ring (bicyclic) bond motifs is 3. The fourth-order valence-electron chi connectivity index (χ4n) is 4.43. The number of amides is 2. The lowest BCUT2D eigenvalue weighted by Crippen LogP contribution is -2.51. The minimum Gasteiger partial charge on any atom is -0.481 e. The molecule has 34 heavy (non-hydrogen) atoms. The number of carboxylic acid groups (broad SMARTS) is 1. The zero-order valence-electron chi connectivity index (χ0n) is 20.0. The smallest absolute Gasteiger partial charge is 0.407 e. The highest BCUT2D eigenvalue weighted by Gasteiger charge is 2.31. The lowest BCUT2D eigenvalue weighted by atomic mass is 9.97. The number of rotatable bonds is 11. The molecule has 2 unspecified atom stereocenters. The van der Waals surface area contributed by atoms with Crippen molar-refractivity contribution in [1.82, 2.24) is 10.6 Å². The van der Waals surface area contributed by atoms with Crippen LogP contribution in [0.4, 0.5) is 4.79 Å². The summed E-state index contributed by atoms with van der Waals surface area (Å²) < 4.78 is 5.61. The maximum absolute atomic E-state index is 12.8. The van der Waals surface area contributed by atoms with E-state index >= 15 is 0 Å². The molecule has 0 aromatic heterocycles. The topological polar surface area (TPSA) is 105 Å². The molecule has 0 saturated heterocycles. The molecule has 3 rings (SSSR count). The lowest BCUT2D eigenvalue weighted by molar-refractivity contribution is -0.138. The van der Waals surface area contributed by atoms with Gasteiger partial charge in [-0.25, -0.2) is 4.79 Å². The number of carboxylic acids is 1. The van der Waals surface area contributed by atoms with Crippen LogP contribution in [0.5, 0.6) is 0 Å². The Morgan fingerprint density at radius 3 is 2.09 bits per heavy atom. The first-order chi connectivity index (χ1) is 16.3. The van der Waals surface area contributed by atoms with Gasteiger partial charge in [0.1, 0.15) is 12.6 Å². The monoisotopic (exact) mass is 466 g/mol. The predicted molar refractivity (Wildman–Crippen MR) is 130 cm³/mol. The second kappa shape index (κ2) is 11.7. The number of ether oxygens (including phenoxy) is 1. The Bertz CT molecular complexity index is 976. The summed E-state index contributed by atoms with van der Waals surface area (Å²) in [7, 11) is 0. The summed E-state index contributed by atoms with van der Waals surface area (Å²) in [6.45, 7) is 6.15. The van der Waals surface area contributed by atoms with E-state index < -0.39 is 18.1 Å². The Hall–Kier alpha value is -3.35. The zero-order valence-corrected chi connectivity index (χ0v) is 20.0. The van der Waals surface area contributed by atoms with Crippen molar-refractivity contribution in [3.8, 4) is 11.1 Å². The van der Waals surface area contributed by atoms with E-state index in [1.165, 1.54) is 0 Å². The van der Waals surface area contributed by atoms with Gasteiger partial charge in [-0.2, -0.15) is 0 Å². The van der Waals surface area contributed by atoms with Crippen LogP contribution in [-0.2, 0) is 14.3 Å². The number of carbonyl (C=O) groups excluding carboxylic acids is 2. The Labute approximate surface area is 200 Å². The first-order valence-electron chi connectivity index (χ1n) is 12.0. The largest absolute Gasteiger partial charge is 0.481 e. The van der Waals surface area contributed by atoms with Crippen LogP contribution in [0.3, 0.4) is 0 Å². The molecule has 2 aromatic carbocycles. The third kappa shape index (κ3) is 5.95. The van der Waals surface area contributed by atoms with E-state index in [1.807, 2.05) is 45.0 Å². The van der Waals surface area contributed by atoms with E-state index in [0.717, 1.165) is 22.3 Å². The van der Waals surface area contributed by atoms with Crippen LogP contribution in [0.15, 0.2) is 48.5 Å². The highest BCUT2D eigenvalue weighted by atomic mass is 16.5. The molecule has 182 valence electrons. The van der Waals surface area contributed by atoms with Gasteiger partial charge in [0.15, 0.2) is 0 Å². The van der Waals surface area contributed by atoms with Gasteiger partial charge in [0.2, 0.25) is 5.91 Å². The summed E-state index contributed by atoms with van der Waals surface area (Å²) in [5.74, 6) is -1.55. The van der Waals surface area contributed by atoms with Gasteiger partial charge in [0.05, 0.1) is 0 Å². The first-order valence-corrected chi connectivity index (χ1v) is 12.0. The molecule has 2 aromatic rings. The van der Waals surface area contributed by atoms with Crippen molar-refractivity contribution < 1.29 is 24.2 Å². The third-order valence-electron chi connectivity index (χ3n) is 6.72. The van der Waals surface area contributed by atoms with Crippen LogP contribution >= 0.6 is 0 Å². The molecule has 0 fully saturated rings. The van der Waals surface area contributed by atoms with Gasteiger partial charge in [-0.1, -0.05) is 82.1 Å². The third-order valence-corrected chi connectivity index (χ3v) is 6.72. The Balaban J connectivity index is 1.62. The van der Waals surface area contributed by atoms with Crippen LogP contribution in [0.25, 0.3) is 11.1 Å². The summed E-state index contributed by atoms with van der Waals surface area (Å²) in [6, 6.07) is 15.5. The number of hydrogen-bond acceptors (Lipinski definition) is 4. The van der Waals surface area contributed by atoms with Gasteiger partial charge in [-0.15, -0.1) is 0 Å². The molecular weight excluding hydrogens is 432 g/mol. The van der Waals surface area contributed by atoms with Crippen LogP contribution < -0.4 is 10.6 Å². The summed E-state index contributed by atoms with van der Waals surface area (Å²) in [5, 5.41) is 14.6. The average Bonchev–Trinajstić information content (AvgIpc) is 3.16. The molecule has 0 bridgehead atoms. The van der Waals surface area contributed by atoms with Gasteiger partial charge in [0.25, 0.3) is 0 Å². The van der Waals surface area contributed by atoms with Crippen molar-refractivity contribution in [1.29, 1.82) is 0 Å². The van der Waals surface area contributed by atoms with Crippen molar-refractivity contribution in [2.75, 3.05) is 13.2 Å². The molecule has 0 radical (unpaired) electrons. The molecule has 2 amide bonds. The van der Waals surface area contributed by atoms with Crippen molar-refractivity contribution in [2.24, 2.45) is 11.8 Å². The second-order valence-corrected chi connectivity index (χ2v) is 8.95. The summed E-state index contributed by atoms with van der Waals surface area (Å²) in [6.07, 6.45) is 0.680. The number of benzene rings is 2. The predicted octanol–water partition coefficient (Wildman–Crippen LogP) is 4.56. The Morgan fingerprint density at radius 1 is 0.971 bits per heavy atom.